The SMILES string of the molecule is Cn1cnc(C(N)c2cccc3ccncc23)c1. The fraction of sp³-hybridized carbons (Fsp3) is 0.143. The van der Waals surface area contributed by atoms with E-state index in [1.54, 1.807) is 12.5 Å². The highest BCUT2D eigenvalue weighted by Crippen LogP contribution is 2.25. The van der Waals surface area contributed by atoms with E-state index in [0.717, 1.165) is 22.0 Å². The number of aryl methyl sites for hydroxylation is 1. The van der Waals surface area contributed by atoms with Crippen molar-refractivity contribution in [2.45, 2.75) is 6.04 Å². The van der Waals surface area contributed by atoms with Gasteiger partial charge in [-0.1, -0.05) is 18.2 Å². The van der Waals surface area contributed by atoms with Gasteiger partial charge in [-0.15, -0.1) is 0 Å². The van der Waals surface area contributed by atoms with Gasteiger partial charge in [0.1, 0.15) is 0 Å². The molecule has 2 heterocycles. The van der Waals surface area contributed by atoms with Crippen molar-refractivity contribution >= 4 is 10.8 Å². The Morgan fingerprint density at radius 2 is 2.17 bits per heavy atom. The largest absolute Gasteiger partial charge is 0.340 e. The number of benzene rings is 1. The Hall–Kier alpha value is -2.20. The van der Waals surface area contributed by atoms with E-state index in [9.17, 15) is 0 Å². The van der Waals surface area contributed by atoms with Crippen LogP contribution >= 0.6 is 0 Å². The van der Waals surface area contributed by atoms with Crippen LogP contribution < -0.4 is 5.73 Å². The van der Waals surface area contributed by atoms with Crippen molar-refractivity contribution in [1.82, 2.24) is 14.5 Å². The van der Waals surface area contributed by atoms with Crippen molar-refractivity contribution in [2.75, 3.05) is 0 Å². The highest BCUT2D eigenvalue weighted by Gasteiger charge is 2.14. The molecule has 0 fully saturated rings. The predicted molar refractivity (Wildman–Crippen MR) is 71.0 cm³/mol. The summed E-state index contributed by atoms with van der Waals surface area (Å²) in [5.74, 6) is 0. The molecule has 0 aliphatic rings. The Morgan fingerprint density at radius 3 is 2.94 bits per heavy atom. The molecule has 4 heteroatoms. The van der Waals surface area contributed by atoms with Gasteiger partial charge in [-0.05, 0) is 17.0 Å². The number of hydrogen-bond donors (Lipinski definition) is 1. The monoisotopic (exact) mass is 238 g/mol. The molecule has 0 aliphatic carbocycles. The van der Waals surface area contributed by atoms with Crippen molar-refractivity contribution in [1.29, 1.82) is 0 Å². The maximum Gasteiger partial charge on any atom is 0.0947 e. The molecule has 3 aromatic rings. The Morgan fingerprint density at radius 1 is 1.28 bits per heavy atom. The third-order valence-corrected chi connectivity index (χ3v) is 3.10. The van der Waals surface area contributed by atoms with Crippen LogP contribution in [0.15, 0.2) is 49.2 Å². The number of nitrogens with zero attached hydrogens (tertiary/aromatic N) is 3. The van der Waals surface area contributed by atoms with E-state index < -0.39 is 0 Å². The molecule has 2 N–H and O–H groups in total. The van der Waals surface area contributed by atoms with Crippen LogP contribution in [0, 0.1) is 0 Å². The summed E-state index contributed by atoms with van der Waals surface area (Å²) in [6.45, 7) is 0. The number of aromatic nitrogens is 3. The van der Waals surface area contributed by atoms with Crippen LogP contribution in [0.3, 0.4) is 0 Å². The number of rotatable bonds is 2. The Labute approximate surface area is 105 Å². The van der Waals surface area contributed by atoms with Gasteiger partial charge in [0.25, 0.3) is 0 Å². The average molecular weight is 238 g/mol. The van der Waals surface area contributed by atoms with Crippen LogP contribution in [0.25, 0.3) is 10.8 Å². The number of imidazole rings is 1. The molecule has 0 amide bonds. The minimum absolute atomic E-state index is 0.223. The number of fused-ring (bicyclic) bond motifs is 1. The summed E-state index contributed by atoms with van der Waals surface area (Å²) in [7, 11) is 1.94. The maximum absolute atomic E-state index is 6.29. The summed E-state index contributed by atoms with van der Waals surface area (Å²) in [5.41, 5.74) is 8.22. The lowest BCUT2D eigenvalue weighted by molar-refractivity contribution is 0.842. The lowest BCUT2D eigenvalue weighted by Crippen LogP contribution is -2.12. The van der Waals surface area contributed by atoms with Gasteiger partial charge in [-0.3, -0.25) is 4.98 Å². The quantitative estimate of drug-likeness (QED) is 0.743. The third kappa shape index (κ3) is 1.76. The molecule has 0 spiro atoms. The van der Waals surface area contributed by atoms with Crippen molar-refractivity contribution in [3.8, 4) is 0 Å². The van der Waals surface area contributed by atoms with Gasteiger partial charge in [-0.2, -0.15) is 0 Å². The molecule has 0 aliphatic heterocycles. The molecule has 90 valence electrons. The molecule has 0 saturated heterocycles. The van der Waals surface area contributed by atoms with E-state index in [0.29, 0.717) is 0 Å². The van der Waals surface area contributed by atoms with Crippen molar-refractivity contribution in [3.05, 3.63) is 60.4 Å². The van der Waals surface area contributed by atoms with Crippen LogP contribution in [0.2, 0.25) is 0 Å². The smallest absolute Gasteiger partial charge is 0.0947 e. The molecule has 0 bridgehead atoms. The first-order valence-corrected chi connectivity index (χ1v) is 5.82. The van der Waals surface area contributed by atoms with Crippen LogP contribution in [0.4, 0.5) is 0 Å². The summed E-state index contributed by atoms with van der Waals surface area (Å²) in [6.07, 6.45) is 7.35. The lowest BCUT2D eigenvalue weighted by Gasteiger charge is -2.12. The zero-order chi connectivity index (χ0) is 12.5. The summed E-state index contributed by atoms with van der Waals surface area (Å²) >= 11 is 0. The van der Waals surface area contributed by atoms with Crippen LogP contribution in [0.5, 0.6) is 0 Å². The summed E-state index contributed by atoms with van der Waals surface area (Å²) < 4.78 is 1.90. The normalized spacial score (nSPS) is 12.8. The van der Waals surface area contributed by atoms with E-state index in [1.165, 1.54) is 0 Å². The minimum Gasteiger partial charge on any atom is -0.340 e. The first-order chi connectivity index (χ1) is 8.75. The summed E-state index contributed by atoms with van der Waals surface area (Å²) in [6, 6.07) is 7.87. The molecule has 18 heavy (non-hydrogen) atoms. The number of nitrogens with two attached hydrogens (primary N) is 1. The van der Waals surface area contributed by atoms with E-state index in [-0.39, 0.29) is 6.04 Å². The molecule has 4 nitrogen and oxygen atoms in total. The standard InChI is InChI=1S/C14H14N4/c1-18-8-13(17-9-18)14(15)11-4-2-3-10-5-6-16-7-12(10)11/h2-9,14H,15H2,1H3. The first-order valence-electron chi connectivity index (χ1n) is 5.82. The highest BCUT2D eigenvalue weighted by molar-refractivity contribution is 5.85. The Kier molecular flexibility index (Phi) is 2.57. The molecule has 2 aromatic heterocycles. The Balaban J connectivity index is 2.14. The zero-order valence-corrected chi connectivity index (χ0v) is 10.1. The fourth-order valence-electron chi connectivity index (χ4n) is 2.16. The van der Waals surface area contributed by atoms with Crippen molar-refractivity contribution in [3.63, 3.8) is 0 Å². The van der Waals surface area contributed by atoms with Gasteiger partial charge < -0.3 is 10.3 Å². The summed E-state index contributed by atoms with van der Waals surface area (Å²) in [5, 5.41) is 2.23. The molecule has 1 unspecified atom stereocenters. The van der Waals surface area contributed by atoms with Gasteiger partial charge in [0.05, 0.1) is 18.1 Å². The minimum atomic E-state index is -0.223. The third-order valence-electron chi connectivity index (χ3n) is 3.10. The van der Waals surface area contributed by atoms with Crippen molar-refractivity contribution < 1.29 is 0 Å². The lowest BCUT2D eigenvalue weighted by atomic mass is 9.99. The van der Waals surface area contributed by atoms with Gasteiger partial charge in [0.2, 0.25) is 0 Å². The Bertz CT molecular complexity index is 682. The van der Waals surface area contributed by atoms with E-state index in [2.05, 4.69) is 16.0 Å². The molecular weight excluding hydrogens is 224 g/mol. The second-order valence-electron chi connectivity index (χ2n) is 4.39. The second-order valence-corrected chi connectivity index (χ2v) is 4.39. The predicted octanol–water partition coefficient (Wildman–Crippen LogP) is 2.02. The topological polar surface area (TPSA) is 56.7 Å². The van der Waals surface area contributed by atoms with Crippen LogP contribution in [-0.2, 0) is 7.05 Å². The number of hydrogen-bond acceptors (Lipinski definition) is 3. The fourth-order valence-corrected chi connectivity index (χ4v) is 2.16. The second kappa shape index (κ2) is 4.23. The zero-order valence-electron chi connectivity index (χ0n) is 10.1. The highest BCUT2D eigenvalue weighted by atomic mass is 15.0. The molecule has 1 atom stereocenters. The summed E-state index contributed by atoms with van der Waals surface area (Å²) in [4.78, 5) is 8.49. The average Bonchev–Trinajstić information content (AvgIpc) is 2.84. The van der Waals surface area contributed by atoms with Gasteiger partial charge in [0, 0.05) is 31.0 Å². The van der Waals surface area contributed by atoms with Crippen LogP contribution in [-0.4, -0.2) is 14.5 Å². The van der Waals surface area contributed by atoms with Gasteiger partial charge in [0.15, 0.2) is 0 Å². The molecule has 0 radical (unpaired) electrons. The van der Waals surface area contributed by atoms with E-state index in [4.69, 9.17) is 5.73 Å². The van der Waals surface area contributed by atoms with Gasteiger partial charge >= 0.3 is 0 Å². The van der Waals surface area contributed by atoms with Gasteiger partial charge in [-0.25, -0.2) is 4.98 Å². The molecule has 0 saturated carbocycles. The van der Waals surface area contributed by atoms with Crippen LogP contribution in [0.1, 0.15) is 17.3 Å². The first kappa shape index (κ1) is 10.9. The number of pyridine rings is 1. The van der Waals surface area contributed by atoms with E-state index in [1.807, 2.05) is 42.2 Å². The van der Waals surface area contributed by atoms with Crippen molar-refractivity contribution in [2.24, 2.45) is 12.8 Å². The maximum atomic E-state index is 6.29. The molecular formula is C14H14N4. The van der Waals surface area contributed by atoms with E-state index >= 15 is 0 Å². The molecule has 1 aromatic carbocycles. The molecule has 3 rings (SSSR count).